The molecule has 0 saturated carbocycles. The molecule has 0 aliphatic carbocycles. The Morgan fingerprint density at radius 1 is 1.48 bits per heavy atom. The van der Waals surface area contributed by atoms with E-state index < -0.39 is 17.8 Å². The number of allylic oxidation sites excluding steroid dienone is 1. The minimum atomic E-state index is -0.702. The molecule has 1 aliphatic rings. The smallest absolute Gasteiger partial charge is 0.338 e. The zero-order valence-corrected chi connectivity index (χ0v) is 15.1. The maximum atomic E-state index is 13.4. The lowest BCUT2D eigenvalue weighted by Gasteiger charge is -2.26. The summed E-state index contributed by atoms with van der Waals surface area (Å²) in [5.41, 5.74) is 1.47. The first-order valence-corrected chi connectivity index (χ1v) is 8.84. The quantitative estimate of drug-likeness (QED) is 0.819. The lowest BCUT2D eigenvalue weighted by molar-refractivity contribution is -0.138. The largest absolute Gasteiger partial charge is 0.463 e. The number of benzene rings is 1. The maximum absolute atomic E-state index is 13.4. The highest BCUT2D eigenvalue weighted by Crippen LogP contribution is 2.36. The van der Waals surface area contributed by atoms with E-state index in [0.29, 0.717) is 27.7 Å². The Labute approximate surface area is 153 Å². The van der Waals surface area contributed by atoms with Gasteiger partial charge in [-0.3, -0.25) is 4.99 Å². The van der Waals surface area contributed by atoms with Gasteiger partial charge in [-0.2, -0.15) is 0 Å². The Hall–Kier alpha value is -2.25. The number of rotatable bonds is 4. The van der Waals surface area contributed by atoms with E-state index in [9.17, 15) is 9.18 Å². The number of hydrogen-bond acceptors (Lipinski definition) is 6. The minimum absolute atomic E-state index is 0.198. The molecule has 2 heterocycles. The molecule has 25 heavy (non-hydrogen) atoms. The number of carbonyl (C=O) groups excluding carboxylic acids is 1. The van der Waals surface area contributed by atoms with Crippen molar-refractivity contribution in [2.75, 3.05) is 6.61 Å². The third-order valence-electron chi connectivity index (χ3n) is 3.63. The summed E-state index contributed by atoms with van der Waals surface area (Å²) < 4.78 is 18.6. The summed E-state index contributed by atoms with van der Waals surface area (Å²) in [6.45, 7) is 3.73. The van der Waals surface area contributed by atoms with E-state index in [1.807, 2.05) is 5.38 Å². The average Bonchev–Trinajstić information content (AvgIpc) is 3.08. The van der Waals surface area contributed by atoms with Gasteiger partial charge < -0.3 is 10.1 Å². The fourth-order valence-corrected chi connectivity index (χ4v) is 3.41. The number of aliphatic imine (C=N–C) groups is 1. The maximum Gasteiger partial charge on any atom is 0.338 e. The fraction of sp³-hybridized carbons (Fsp3) is 0.235. The number of ether oxygens (including phenoxy) is 1. The Morgan fingerprint density at radius 2 is 2.28 bits per heavy atom. The van der Waals surface area contributed by atoms with Crippen LogP contribution < -0.4 is 5.32 Å². The fourth-order valence-electron chi connectivity index (χ4n) is 2.55. The highest BCUT2D eigenvalue weighted by atomic mass is 35.5. The van der Waals surface area contributed by atoms with Crippen LogP contribution in [0.25, 0.3) is 0 Å². The average molecular weight is 380 g/mol. The normalized spacial score (nSPS) is 17.1. The minimum Gasteiger partial charge on any atom is -0.463 e. The van der Waals surface area contributed by atoms with Crippen molar-refractivity contribution < 1.29 is 13.9 Å². The molecule has 0 saturated heterocycles. The summed E-state index contributed by atoms with van der Waals surface area (Å²) in [5, 5.41) is 5.81. The van der Waals surface area contributed by atoms with E-state index in [1.165, 1.54) is 29.5 Å². The summed E-state index contributed by atoms with van der Waals surface area (Å²) in [7, 11) is 0. The Kier molecular flexibility index (Phi) is 5.15. The van der Waals surface area contributed by atoms with Crippen molar-refractivity contribution in [3.8, 4) is 0 Å². The number of aromatic nitrogens is 1. The van der Waals surface area contributed by atoms with Gasteiger partial charge in [-0.15, -0.1) is 11.3 Å². The number of halogens is 2. The van der Waals surface area contributed by atoms with E-state index >= 15 is 0 Å². The molecular formula is C17H15ClFN3O2S. The first-order chi connectivity index (χ1) is 12.0. The van der Waals surface area contributed by atoms with Crippen LogP contribution in [0.4, 0.5) is 4.39 Å². The van der Waals surface area contributed by atoms with Crippen molar-refractivity contribution in [3.63, 3.8) is 0 Å². The van der Waals surface area contributed by atoms with E-state index in [1.54, 1.807) is 20.0 Å². The molecule has 1 aliphatic heterocycles. The molecule has 0 bridgehead atoms. The van der Waals surface area contributed by atoms with Crippen LogP contribution in [0.2, 0.25) is 5.02 Å². The van der Waals surface area contributed by atoms with Gasteiger partial charge in [-0.1, -0.05) is 17.7 Å². The molecule has 8 heteroatoms. The van der Waals surface area contributed by atoms with Crippen LogP contribution in [0.5, 0.6) is 0 Å². The van der Waals surface area contributed by atoms with Gasteiger partial charge in [0.25, 0.3) is 0 Å². The molecule has 130 valence electrons. The third-order valence-corrected chi connectivity index (χ3v) is 4.74. The summed E-state index contributed by atoms with van der Waals surface area (Å²) >= 11 is 7.63. The second kappa shape index (κ2) is 7.33. The van der Waals surface area contributed by atoms with Crippen LogP contribution in [-0.4, -0.2) is 23.4 Å². The molecule has 1 N–H and O–H groups in total. The Morgan fingerprint density at radius 3 is 2.92 bits per heavy atom. The van der Waals surface area contributed by atoms with E-state index in [2.05, 4.69) is 15.3 Å². The van der Waals surface area contributed by atoms with E-state index in [-0.39, 0.29) is 11.6 Å². The molecule has 5 nitrogen and oxygen atoms in total. The molecule has 1 aromatic carbocycles. The zero-order valence-electron chi connectivity index (χ0n) is 13.5. The van der Waals surface area contributed by atoms with Crippen LogP contribution >= 0.6 is 22.9 Å². The molecule has 2 aromatic rings. The van der Waals surface area contributed by atoms with E-state index in [0.717, 1.165) is 0 Å². The SMILES string of the molecule is CCOC(=O)C1=C(C)NC(c2nccs2)=N[C@@H]1c1ccc(F)cc1Cl. The first-order valence-electron chi connectivity index (χ1n) is 7.58. The van der Waals surface area contributed by atoms with Gasteiger partial charge in [0.05, 0.1) is 12.2 Å². The molecule has 0 spiro atoms. The first kappa shape index (κ1) is 17.6. The van der Waals surface area contributed by atoms with Gasteiger partial charge in [-0.25, -0.2) is 14.2 Å². The van der Waals surface area contributed by atoms with Crippen molar-refractivity contribution in [1.29, 1.82) is 0 Å². The number of nitrogens with zero attached hydrogens (tertiary/aromatic N) is 2. The predicted octanol–water partition coefficient (Wildman–Crippen LogP) is 3.86. The lowest BCUT2D eigenvalue weighted by atomic mass is 9.96. The Balaban J connectivity index is 2.11. The van der Waals surface area contributed by atoms with Gasteiger partial charge in [-0.05, 0) is 26.0 Å². The standard InChI is InChI=1S/C17H15ClFN3O2S/c1-3-24-17(23)13-9(2)21-15(16-20-6-7-25-16)22-14(13)11-5-4-10(19)8-12(11)18/h4-8,14H,3H2,1-2H3,(H,21,22)/t14-/m1/s1. The summed E-state index contributed by atoms with van der Waals surface area (Å²) in [5.74, 6) is -0.407. The van der Waals surface area contributed by atoms with Crippen LogP contribution in [0.1, 0.15) is 30.5 Å². The number of amidine groups is 1. The van der Waals surface area contributed by atoms with Gasteiger partial charge in [0.2, 0.25) is 0 Å². The summed E-state index contributed by atoms with van der Waals surface area (Å²) in [6, 6.07) is 3.32. The molecule has 0 amide bonds. The number of thiazole rings is 1. The molecular weight excluding hydrogens is 365 g/mol. The van der Waals surface area contributed by atoms with Gasteiger partial charge in [0, 0.05) is 27.9 Å². The molecule has 0 unspecified atom stereocenters. The highest BCUT2D eigenvalue weighted by molar-refractivity contribution is 7.11. The molecule has 1 aromatic heterocycles. The van der Waals surface area contributed by atoms with Crippen LogP contribution in [0.3, 0.4) is 0 Å². The third kappa shape index (κ3) is 3.57. The highest BCUT2D eigenvalue weighted by Gasteiger charge is 2.32. The number of nitrogens with one attached hydrogen (secondary N) is 1. The van der Waals surface area contributed by atoms with Crippen molar-refractivity contribution in [2.45, 2.75) is 19.9 Å². The number of esters is 1. The molecule has 1 atom stereocenters. The van der Waals surface area contributed by atoms with Crippen LogP contribution in [-0.2, 0) is 9.53 Å². The number of hydrogen-bond donors (Lipinski definition) is 1. The second-order valence-electron chi connectivity index (χ2n) is 5.27. The van der Waals surface area contributed by atoms with Gasteiger partial charge >= 0.3 is 5.97 Å². The second-order valence-corrected chi connectivity index (χ2v) is 6.57. The predicted molar refractivity (Wildman–Crippen MR) is 95.3 cm³/mol. The molecule has 0 radical (unpaired) electrons. The number of carbonyl (C=O) groups is 1. The molecule has 3 rings (SSSR count). The van der Waals surface area contributed by atoms with Crippen molar-refractivity contribution in [1.82, 2.24) is 10.3 Å². The van der Waals surface area contributed by atoms with Crippen LogP contribution in [0.15, 0.2) is 46.0 Å². The van der Waals surface area contributed by atoms with E-state index in [4.69, 9.17) is 16.3 Å². The van der Waals surface area contributed by atoms with Gasteiger partial charge in [0.1, 0.15) is 11.9 Å². The van der Waals surface area contributed by atoms with Crippen LogP contribution in [0, 0.1) is 5.82 Å². The van der Waals surface area contributed by atoms with Crippen molar-refractivity contribution in [3.05, 3.63) is 62.5 Å². The summed E-state index contributed by atoms with van der Waals surface area (Å²) in [6.07, 6.45) is 1.67. The summed E-state index contributed by atoms with van der Waals surface area (Å²) in [4.78, 5) is 21.3. The topological polar surface area (TPSA) is 63.6 Å². The zero-order chi connectivity index (χ0) is 18.0. The van der Waals surface area contributed by atoms with Crippen molar-refractivity contribution in [2.24, 2.45) is 4.99 Å². The van der Waals surface area contributed by atoms with Gasteiger partial charge in [0.15, 0.2) is 10.8 Å². The van der Waals surface area contributed by atoms with Crippen molar-refractivity contribution >= 4 is 34.7 Å². The monoisotopic (exact) mass is 379 g/mol. The molecule has 0 fully saturated rings. The lowest BCUT2D eigenvalue weighted by Crippen LogP contribution is -2.32. The Bertz CT molecular complexity index is 865.